The molecule has 3 heteroatoms. The van der Waals surface area contributed by atoms with Crippen LogP contribution in [-0.4, -0.2) is 0 Å². The average molecular weight is 489 g/mol. The summed E-state index contributed by atoms with van der Waals surface area (Å²) in [7, 11) is 0. The fourth-order valence-electron chi connectivity index (χ4n) is 6.21. The molecule has 2 unspecified atom stereocenters. The SMILES string of the molecule is CC1=CC2C(=C1)C(C)(C)CC2(C)C1c2ccccc2-c2ccccc21.[Cl-].[Cl-].[Zr+2]. The van der Waals surface area contributed by atoms with Gasteiger partial charge in [0.25, 0.3) is 0 Å². The third kappa shape index (κ3) is 3.13. The van der Waals surface area contributed by atoms with Crippen LogP contribution in [-0.2, 0) is 26.2 Å². The first-order valence-electron chi connectivity index (χ1n) is 9.50. The minimum atomic E-state index is 0. The summed E-state index contributed by atoms with van der Waals surface area (Å²) in [5.41, 5.74) is 9.54. The minimum Gasteiger partial charge on any atom is -1.00 e. The van der Waals surface area contributed by atoms with Crippen molar-refractivity contribution in [3.05, 3.63) is 83.0 Å². The van der Waals surface area contributed by atoms with Gasteiger partial charge in [-0.1, -0.05) is 92.6 Å². The Morgan fingerprint density at radius 3 is 1.86 bits per heavy atom. The molecule has 0 amide bonds. The van der Waals surface area contributed by atoms with Crippen molar-refractivity contribution >= 4 is 0 Å². The third-order valence-corrected chi connectivity index (χ3v) is 6.96. The van der Waals surface area contributed by atoms with Crippen LogP contribution in [0.25, 0.3) is 11.1 Å². The second-order valence-corrected chi connectivity index (χ2v) is 9.16. The topological polar surface area (TPSA) is 0 Å². The molecule has 0 N–H and O–H groups in total. The van der Waals surface area contributed by atoms with E-state index >= 15 is 0 Å². The zero-order chi connectivity index (χ0) is 17.4. The van der Waals surface area contributed by atoms with Crippen LogP contribution in [0.3, 0.4) is 0 Å². The number of hydrogen-bond acceptors (Lipinski definition) is 0. The Labute approximate surface area is 200 Å². The van der Waals surface area contributed by atoms with E-state index < -0.39 is 0 Å². The Morgan fingerprint density at radius 2 is 1.32 bits per heavy atom. The molecule has 144 valence electrons. The van der Waals surface area contributed by atoms with Gasteiger partial charge in [-0.15, -0.1) is 0 Å². The molecule has 0 spiro atoms. The van der Waals surface area contributed by atoms with Gasteiger partial charge in [-0.3, -0.25) is 0 Å². The van der Waals surface area contributed by atoms with Crippen LogP contribution in [0, 0.1) is 16.7 Å². The third-order valence-electron chi connectivity index (χ3n) is 6.96. The predicted octanol–water partition coefficient (Wildman–Crippen LogP) is 0.743. The van der Waals surface area contributed by atoms with Crippen LogP contribution in [0.2, 0.25) is 0 Å². The van der Waals surface area contributed by atoms with Crippen molar-refractivity contribution in [1.29, 1.82) is 0 Å². The Hall–Kier alpha value is -0.617. The van der Waals surface area contributed by atoms with Crippen LogP contribution in [0.5, 0.6) is 0 Å². The van der Waals surface area contributed by atoms with Crippen molar-refractivity contribution in [1.82, 2.24) is 0 Å². The zero-order valence-electron chi connectivity index (χ0n) is 16.9. The van der Waals surface area contributed by atoms with Gasteiger partial charge < -0.3 is 24.8 Å². The van der Waals surface area contributed by atoms with E-state index in [0.717, 1.165) is 0 Å². The van der Waals surface area contributed by atoms with Gasteiger partial charge in [-0.2, -0.15) is 0 Å². The van der Waals surface area contributed by atoms with Gasteiger partial charge in [0.05, 0.1) is 0 Å². The molecule has 1 fully saturated rings. The van der Waals surface area contributed by atoms with Gasteiger partial charge in [0.2, 0.25) is 0 Å². The number of hydrogen-bond donors (Lipinski definition) is 0. The molecule has 5 rings (SSSR count). The van der Waals surface area contributed by atoms with Crippen molar-refractivity contribution in [2.75, 3.05) is 0 Å². The summed E-state index contributed by atoms with van der Waals surface area (Å²) in [6, 6.07) is 18.2. The molecular weight excluding hydrogens is 462 g/mol. The minimum absolute atomic E-state index is 0. The van der Waals surface area contributed by atoms with Gasteiger partial charge in [0, 0.05) is 11.8 Å². The number of rotatable bonds is 1. The molecule has 0 bridgehead atoms. The van der Waals surface area contributed by atoms with Crippen molar-refractivity contribution in [2.24, 2.45) is 16.7 Å². The zero-order valence-corrected chi connectivity index (χ0v) is 20.9. The first-order chi connectivity index (χ1) is 11.9. The summed E-state index contributed by atoms with van der Waals surface area (Å²) in [5, 5.41) is 0. The van der Waals surface area contributed by atoms with Gasteiger partial charge in [-0.05, 0) is 46.4 Å². The molecule has 2 atom stereocenters. The summed E-state index contributed by atoms with van der Waals surface area (Å²) >= 11 is 0. The van der Waals surface area contributed by atoms with Crippen LogP contribution in [0.15, 0.2) is 71.8 Å². The van der Waals surface area contributed by atoms with E-state index in [1.165, 1.54) is 34.2 Å². The van der Waals surface area contributed by atoms with E-state index in [1.807, 2.05) is 0 Å². The van der Waals surface area contributed by atoms with Gasteiger partial charge >= 0.3 is 26.2 Å². The van der Waals surface area contributed by atoms with E-state index in [0.29, 0.717) is 11.8 Å². The summed E-state index contributed by atoms with van der Waals surface area (Å²) in [6.07, 6.45) is 6.24. The first-order valence-corrected chi connectivity index (χ1v) is 9.50. The number of benzene rings is 2. The van der Waals surface area contributed by atoms with Crippen molar-refractivity contribution in [3.8, 4) is 11.1 Å². The largest absolute Gasteiger partial charge is 2.00 e. The quantitative estimate of drug-likeness (QED) is 0.556. The number of halogens is 2. The normalized spacial score (nSPS) is 25.9. The van der Waals surface area contributed by atoms with E-state index in [-0.39, 0.29) is 61.8 Å². The molecule has 3 aliphatic carbocycles. The fraction of sp³-hybridized carbons (Fsp3) is 0.360. The molecule has 0 aromatic heterocycles. The molecule has 0 saturated heterocycles. The maximum Gasteiger partial charge on any atom is 2.00 e. The molecular formula is C25H26Cl2Zr. The Balaban J connectivity index is 0.000000934. The first kappa shape index (κ1) is 23.7. The Bertz CT molecular complexity index is 911. The Kier molecular flexibility index (Phi) is 6.68. The van der Waals surface area contributed by atoms with E-state index in [2.05, 4.69) is 88.4 Å². The predicted molar refractivity (Wildman–Crippen MR) is 106 cm³/mol. The molecule has 28 heavy (non-hydrogen) atoms. The second kappa shape index (κ2) is 7.90. The van der Waals surface area contributed by atoms with Crippen LogP contribution < -0.4 is 24.8 Å². The summed E-state index contributed by atoms with van der Waals surface area (Å²) in [4.78, 5) is 0. The fourth-order valence-corrected chi connectivity index (χ4v) is 6.21. The maximum atomic E-state index is 2.54. The number of allylic oxidation sites excluding steroid dienone is 4. The molecule has 0 radical (unpaired) electrons. The summed E-state index contributed by atoms with van der Waals surface area (Å²) in [5.74, 6) is 1.05. The van der Waals surface area contributed by atoms with Crippen LogP contribution >= 0.6 is 0 Å². The van der Waals surface area contributed by atoms with Crippen molar-refractivity contribution in [2.45, 2.75) is 40.0 Å². The van der Waals surface area contributed by atoms with Gasteiger partial charge in [0.1, 0.15) is 0 Å². The molecule has 0 aliphatic heterocycles. The Morgan fingerprint density at radius 1 is 0.821 bits per heavy atom. The monoisotopic (exact) mass is 486 g/mol. The van der Waals surface area contributed by atoms with Gasteiger partial charge in [-0.25, -0.2) is 0 Å². The smallest absolute Gasteiger partial charge is 1.00 e. The van der Waals surface area contributed by atoms with Crippen molar-refractivity contribution < 1.29 is 51.0 Å². The average Bonchev–Trinajstić information content (AvgIpc) is 3.18. The molecule has 2 aromatic carbocycles. The summed E-state index contributed by atoms with van der Waals surface area (Å²) < 4.78 is 0. The molecule has 0 nitrogen and oxygen atoms in total. The van der Waals surface area contributed by atoms with E-state index in [1.54, 1.807) is 5.57 Å². The molecule has 1 saturated carbocycles. The van der Waals surface area contributed by atoms with Crippen LogP contribution in [0.4, 0.5) is 0 Å². The second-order valence-electron chi connectivity index (χ2n) is 9.16. The van der Waals surface area contributed by atoms with Gasteiger partial charge in [0.15, 0.2) is 0 Å². The van der Waals surface area contributed by atoms with E-state index in [4.69, 9.17) is 0 Å². The molecule has 2 aromatic rings. The van der Waals surface area contributed by atoms with Crippen molar-refractivity contribution in [3.63, 3.8) is 0 Å². The van der Waals surface area contributed by atoms with E-state index in [9.17, 15) is 0 Å². The molecule has 3 aliphatic rings. The van der Waals surface area contributed by atoms with Crippen LogP contribution in [0.1, 0.15) is 51.2 Å². The maximum absolute atomic E-state index is 2.54. The summed E-state index contributed by atoms with van der Waals surface area (Å²) in [6.45, 7) is 9.68. The number of fused-ring (bicyclic) bond motifs is 4. The molecule has 0 heterocycles. The standard InChI is InChI=1S/C25H26.2ClH.Zr/c1-16-13-21-22(14-16)25(4,15-24(21,2)3)23-19-11-7-5-9-17(19)18-10-6-8-12-20(18)23;;;/h5-14,22-23H,15H2,1-4H3;2*1H;/q;;;+2/p-2.